The van der Waals surface area contributed by atoms with E-state index >= 15 is 0 Å². The normalized spacial score (nSPS) is 24.1. The van der Waals surface area contributed by atoms with E-state index in [0.29, 0.717) is 18.7 Å². The van der Waals surface area contributed by atoms with Gasteiger partial charge in [0.15, 0.2) is 0 Å². The van der Waals surface area contributed by atoms with Gasteiger partial charge < -0.3 is 20.5 Å². The number of aromatic nitrogens is 1. The van der Waals surface area contributed by atoms with E-state index in [-0.39, 0.29) is 5.88 Å². The molecule has 2 unspecified atom stereocenters. The number of nitrogens with zero attached hydrogens (tertiary/aromatic N) is 1. The molecule has 0 bridgehead atoms. The summed E-state index contributed by atoms with van der Waals surface area (Å²) in [5.41, 5.74) is 6.69. The molecule has 5 nitrogen and oxygen atoms in total. The van der Waals surface area contributed by atoms with Gasteiger partial charge in [0.1, 0.15) is 11.8 Å². The standard InChI is InChI=1S/C16H16BrF2N3O2/c17-12-3-1-2-10(6-12)16(9-21-8-13(20)24-16)11-4-5-14(22-7-11)23-15(18)19/h1-7,13,15,21H,8-9,20H2. The molecule has 1 aromatic carbocycles. The maximum atomic E-state index is 12.3. The molecule has 3 N–H and O–H groups in total. The second kappa shape index (κ2) is 7.10. The first-order valence-electron chi connectivity index (χ1n) is 7.31. The number of hydrogen-bond acceptors (Lipinski definition) is 5. The first-order valence-corrected chi connectivity index (χ1v) is 8.10. The molecule has 0 saturated carbocycles. The molecule has 3 rings (SSSR count). The monoisotopic (exact) mass is 399 g/mol. The van der Waals surface area contributed by atoms with E-state index < -0.39 is 18.4 Å². The Hall–Kier alpha value is -1.61. The molecule has 2 heterocycles. The molecule has 24 heavy (non-hydrogen) atoms. The Kier molecular flexibility index (Phi) is 5.09. The maximum Gasteiger partial charge on any atom is 0.388 e. The summed E-state index contributed by atoms with van der Waals surface area (Å²) in [4.78, 5) is 3.95. The number of benzene rings is 1. The van der Waals surface area contributed by atoms with Gasteiger partial charge in [0.2, 0.25) is 5.88 Å². The van der Waals surface area contributed by atoms with Crippen LogP contribution in [0.25, 0.3) is 0 Å². The number of ether oxygens (including phenoxy) is 2. The zero-order valence-corrected chi connectivity index (χ0v) is 14.2. The number of nitrogens with two attached hydrogens (primary N) is 1. The van der Waals surface area contributed by atoms with Gasteiger partial charge >= 0.3 is 6.61 Å². The van der Waals surface area contributed by atoms with E-state index in [4.69, 9.17) is 10.5 Å². The third-order valence-corrected chi connectivity index (χ3v) is 4.27. The summed E-state index contributed by atoms with van der Waals surface area (Å²) in [6.07, 6.45) is 0.966. The van der Waals surface area contributed by atoms with Crippen molar-refractivity contribution in [3.05, 3.63) is 58.2 Å². The highest BCUT2D eigenvalue weighted by atomic mass is 79.9. The Labute approximate surface area is 146 Å². The molecule has 2 aromatic rings. The lowest BCUT2D eigenvalue weighted by Gasteiger charge is -2.41. The highest BCUT2D eigenvalue weighted by Crippen LogP contribution is 2.36. The Balaban J connectivity index is 2.02. The van der Waals surface area contributed by atoms with Crippen molar-refractivity contribution in [2.75, 3.05) is 13.1 Å². The minimum atomic E-state index is -2.91. The summed E-state index contributed by atoms with van der Waals surface area (Å²) >= 11 is 3.45. The van der Waals surface area contributed by atoms with E-state index in [2.05, 4.69) is 31.0 Å². The highest BCUT2D eigenvalue weighted by Gasteiger charge is 2.40. The average Bonchev–Trinajstić information content (AvgIpc) is 2.55. The molecular formula is C16H16BrF2N3O2. The lowest BCUT2D eigenvalue weighted by atomic mass is 9.86. The summed E-state index contributed by atoms with van der Waals surface area (Å²) in [5.74, 6) is -0.147. The van der Waals surface area contributed by atoms with Gasteiger partial charge in [0.25, 0.3) is 0 Å². The van der Waals surface area contributed by atoms with Crippen molar-refractivity contribution in [3.8, 4) is 5.88 Å². The van der Waals surface area contributed by atoms with E-state index in [9.17, 15) is 8.78 Å². The quantitative estimate of drug-likeness (QED) is 0.826. The number of morpholine rings is 1. The predicted molar refractivity (Wildman–Crippen MR) is 87.7 cm³/mol. The van der Waals surface area contributed by atoms with E-state index in [1.54, 1.807) is 6.07 Å². The van der Waals surface area contributed by atoms with E-state index in [1.807, 2.05) is 24.3 Å². The number of nitrogens with one attached hydrogen (secondary N) is 1. The molecule has 0 spiro atoms. The number of pyridine rings is 1. The lowest BCUT2D eigenvalue weighted by Crippen LogP contribution is -2.55. The summed E-state index contributed by atoms with van der Waals surface area (Å²) in [6.45, 7) is -1.91. The molecule has 128 valence electrons. The minimum Gasteiger partial charge on any atom is -0.417 e. The fourth-order valence-electron chi connectivity index (χ4n) is 2.76. The van der Waals surface area contributed by atoms with Crippen LogP contribution in [0.1, 0.15) is 11.1 Å². The highest BCUT2D eigenvalue weighted by molar-refractivity contribution is 9.10. The Bertz CT molecular complexity index is 702. The zero-order chi connectivity index (χ0) is 17.2. The van der Waals surface area contributed by atoms with Crippen LogP contribution in [0.5, 0.6) is 5.88 Å². The third kappa shape index (κ3) is 3.56. The van der Waals surface area contributed by atoms with Crippen molar-refractivity contribution in [2.24, 2.45) is 5.73 Å². The molecule has 0 amide bonds. The number of alkyl halides is 2. The average molecular weight is 400 g/mol. The summed E-state index contributed by atoms with van der Waals surface area (Å²) in [7, 11) is 0. The van der Waals surface area contributed by atoms with Crippen LogP contribution in [0.4, 0.5) is 8.78 Å². The molecule has 1 saturated heterocycles. The number of hydrogen-bond donors (Lipinski definition) is 2. The topological polar surface area (TPSA) is 69.4 Å². The van der Waals surface area contributed by atoms with Gasteiger partial charge in [-0.15, -0.1) is 0 Å². The number of halogens is 3. The molecule has 1 fully saturated rings. The Morgan fingerprint density at radius 2 is 2.17 bits per heavy atom. The predicted octanol–water partition coefficient (Wildman–Crippen LogP) is 2.59. The van der Waals surface area contributed by atoms with Crippen molar-refractivity contribution < 1.29 is 18.3 Å². The smallest absolute Gasteiger partial charge is 0.388 e. The van der Waals surface area contributed by atoms with Crippen molar-refractivity contribution in [1.29, 1.82) is 0 Å². The van der Waals surface area contributed by atoms with Crippen molar-refractivity contribution in [1.82, 2.24) is 10.3 Å². The SMILES string of the molecule is NC1CNCC(c2ccc(OC(F)F)nc2)(c2cccc(Br)c2)O1. The van der Waals surface area contributed by atoms with Crippen molar-refractivity contribution >= 4 is 15.9 Å². The largest absolute Gasteiger partial charge is 0.417 e. The van der Waals surface area contributed by atoms with Crippen LogP contribution < -0.4 is 15.8 Å². The maximum absolute atomic E-state index is 12.3. The molecule has 0 radical (unpaired) electrons. The fraction of sp³-hybridized carbons (Fsp3) is 0.312. The van der Waals surface area contributed by atoms with Gasteiger partial charge in [-0.3, -0.25) is 0 Å². The van der Waals surface area contributed by atoms with Crippen LogP contribution in [0.2, 0.25) is 0 Å². The Morgan fingerprint density at radius 3 is 2.79 bits per heavy atom. The third-order valence-electron chi connectivity index (χ3n) is 3.78. The van der Waals surface area contributed by atoms with Gasteiger partial charge in [-0.2, -0.15) is 8.78 Å². The number of rotatable bonds is 4. The fourth-order valence-corrected chi connectivity index (χ4v) is 3.16. The Morgan fingerprint density at radius 1 is 1.33 bits per heavy atom. The van der Waals surface area contributed by atoms with Crippen LogP contribution in [0, 0.1) is 0 Å². The minimum absolute atomic E-state index is 0.147. The van der Waals surface area contributed by atoms with Crippen LogP contribution >= 0.6 is 15.9 Å². The van der Waals surface area contributed by atoms with Gasteiger partial charge in [0.05, 0.1) is 0 Å². The van der Waals surface area contributed by atoms with Crippen LogP contribution in [0.15, 0.2) is 47.1 Å². The second-order valence-corrected chi connectivity index (χ2v) is 6.30. The van der Waals surface area contributed by atoms with E-state index in [0.717, 1.165) is 10.0 Å². The van der Waals surface area contributed by atoms with Gasteiger partial charge in [-0.05, 0) is 23.8 Å². The molecule has 1 aliphatic rings. The molecule has 8 heteroatoms. The molecule has 0 aliphatic carbocycles. The molecule has 1 aromatic heterocycles. The second-order valence-electron chi connectivity index (χ2n) is 5.39. The first kappa shape index (κ1) is 17.2. The van der Waals surface area contributed by atoms with Crippen molar-refractivity contribution in [3.63, 3.8) is 0 Å². The first-order chi connectivity index (χ1) is 11.5. The summed E-state index contributed by atoms with van der Waals surface area (Å²) < 4.78 is 35.9. The lowest BCUT2D eigenvalue weighted by molar-refractivity contribution is -0.0933. The van der Waals surface area contributed by atoms with Crippen LogP contribution in [-0.2, 0) is 10.3 Å². The van der Waals surface area contributed by atoms with Crippen LogP contribution in [0.3, 0.4) is 0 Å². The van der Waals surface area contributed by atoms with Gasteiger partial charge in [0, 0.05) is 35.4 Å². The van der Waals surface area contributed by atoms with Crippen molar-refractivity contribution in [2.45, 2.75) is 18.4 Å². The molecule has 2 atom stereocenters. The van der Waals surface area contributed by atoms with E-state index in [1.165, 1.54) is 12.3 Å². The van der Waals surface area contributed by atoms with Gasteiger partial charge in [-0.25, -0.2) is 4.98 Å². The molecular weight excluding hydrogens is 384 g/mol. The summed E-state index contributed by atoms with van der Waals surface area (Å²) in [6, 6.07) is 10.7. The summed E-state index contributed by atoms with van der Waals surface area (Å²) in [5, 5.41) is 3.24. The van der Waals surface area contributed by atoms with Crippen LogP contribution in [-0.4, -0.2) is 30.9 Å². The zero-order valence-electron chi connectivity index (χ0n) is 12.6. The van der Waals surface area contributed by atoms with Gasteiger partial charge in [-0.1, -0.05) is 28.1 Å². The molecule has 1 aliphatic heterocycles.